The molecule has 4 aromatic rings. The van der Waals surface area contributed by atoms with Crippen molar-refractivity contribution in [2.75, 3.05) is 18.4 Å². The van der Waals surface area contributed by atoms with Crippen LogP contribution in [0.5, 0.6) is 0 Å². The Bertz CT molecular complexity index is 1990. The minimum absolute atomic E-state index is 0.0232. The quantitative estimate of drug-likeness (QED) is 0.131. The zero-order valence-electron chi connectivity index (χ0n) is 31.1. The summed E-state index contributed by atoms with van der Waals surface area (Å²) in [5.74, 6) is -1.10. The molecule has 13 nitrogen and oxygen atoms in total. The van der Waals surface area contributed by atoms with E-state index in [4.69, 9.17) is 10.8 Å². The standard InChI is InChI=1S/C41H49N9O4/c1-26(2)37(42)39(52)46-27(3)38(51)45-17-6-4-5-7-20-50-40(53)34(30-11-10-28-9-8-18-44-35(28)21-30)22-36(48-50)29-12-14-33(15-13-29)47-41(54)49-24-31-16-19-43-23-32(31)25-49/h8-16,18-19,21,23,26-27,34,37H,4-7,17,20,22,24-25,42H2,1-3H3,(H,45,51)(H,46,52)(H,47,54). The van der Waals surface area contributed by atoms with Gasteiger partial charge in [-0.15, -0.1) is 0 Å². The van der Waals surface area contributed by atoms with Gasteiger partial charge in [0.1, 0.15) is 6.04 Å². The van der Waals surface area contributed by atoms with Crippen molar-refractivity contribution < 1.29 is 19.2 Å². The van der Waals surface area contributed by atoms with Crippen LogP contribution in [0.2, 0.25) is 0 Å². The second-order valence-electron chi connectivity index (χ2n) is 14.4. The van der Waals surface area contributed by atoms with Crippen LogP contribution in [-0.2, 0) is 27.5 Å². The van der Waals surface area contributed by atoms with E-state index in [9.17, 15) is 19.2 Å². The van der Waals surface area contributed by atoms with Crippen molar-refractivity contribution in [1.29, 1.82) is 0 Å². The Morgan fingerprint density at radius 1 is 0.907 bits per heavy atom. The lowest BCUT2D eigenvalue weighted by molar-refractivity contribution is -0.133. The molecule has 5 amide bonds. The van der Waals surface area contributed by atoms with Crippen molar-refractivity contribution in [3.8, 4) is 0 Å². The lowest BCUT2D eigenvalue weighted by atomic mass is 9.88. The average Bonchev–Trinajstić information content (AvgIpc) is 3.62. The molecule has 0 radical (unpaired) electrons. The van der Waals surface area contributed by atoms with E-state index in [0.29, 0.717) is 38.3 Å². The van der Waals surface area contributed by atoms with Crippen molar-refractivity contribution in [1.82, 2.24) is 30.5 Å². The summed E-state index contributed by atoms with van der Waals surface area (Å²) in [6, 6.07) is 17.9. The molecule has 5 N–H and O–H groups in total. The number of fused-ring (bicyclic) bond motifs is 2. The predicted molar refractivity (Wildman–Crippen MR) is 208 cm³/mol. The molecule has 0 fully saturated rings. The molecule has 0 saturated heterocycles. The van der Waals surface area contributed by atoms with Gasteiger partial charge in [0.05, 0.1) is 23.2 Å². The second-order valence-corrected chi connectivity index (χ2v) is 14.4. The minimum atomic E-state index is -0.674. The number of pyridine rings is 2. The van der Waals surface area contributed by atoms with Gasteiger partial charge in [0.15, 0.2) is 0 Å². The fourth-order valence-corrected chi connectivity index (χ4v) is 6.69. The number of carbonyl (C=O) groups is 4. The summed E-state index contributed by atoms with van der Waals surface area (Å²) in [5, 5.41) is 16.0. The number of hydrogen-bond donors (Lipinski definition) is 4. The lowest BCUT2D eigenvalue weighted by Crippen LogP contribution is -2.51. The highest BCUT2D eigenvalue weighted by molar-refractivity contribution is 6.06. The maximum atomic E-state index is 13.9. The molecule has 0 spiro atoms. The van der Waals surface area contributed by atoms with Crippen molar-refractivity contribution >= 4 is 46.1 Å². The van der Waals surface area contributed by atoms with Crippen LogP contribution >= 0.6 is 0 Å². The van der Waals surface area contributed by atoms with Gasteiger partial charge in [-0.05, 0) is 78.3 Å². The number of benzene rings is 2. The smallest absolute Gasteiger partial charge is 0.322 e. The number of carbonyl (C=O) groups excluding carboxylic acids is 4. The zero-order valence-corrected chi connectivity index (χ0v) is 31.1. The molecule has 54 heavy (non-hydrogen) atoms. The van der Waals surface area contributed by atoms with Gasteiger partial charge in [0.25, 0.3) is 5.91 Å². The van der Waals surface area contributed by atoms with Crippen molar-refractivity contribution in [2.45, 2.75) is 84.0 Å². The van der Waals surface area contributed by atoms with E-state index in [2.05, 4.69) is 25.9 Å². The first-order chi connectivity index (χ1) is 26.1. The molecule has 2 aromatic carbocycles. The Kier molecular flexibility index (Phi) is 12.3. The number of hydrogen-bond acceptors (Lipinski definition) is 8. The normalized spacial score (nSPS) is 16.5. The summed E-state index contributed by atoms with van der Waals surface area (Å²) in [6.07, 6.45) is 8.93. The molecule has 2 aromatic heterocycles. The summed E-state index contributed by atoms with van der Waals surface area (Å²) in [6.45, 7) is 7.36. The third-order valence-electron chi connectivity index (χ3n) is 10.1. The molecular weight excluding hydrogens is 683 g/mol. The van der Waals surface area contributed by atoms with Crippen LogP contribution in [0.4, 0.5) is 10.5 Å². The predicted octanol–water partition coefficient (Wildman–Crippen LogP) is 5.06. The highest BCUT2D eigenvalue weighted by atomic mass is 16.2. The van der Waals surface area contributed by atoms with Crippen LogP contribution in [0.1, 0.15) is 81.0 Å². The van der Waals surface area contributed by atoms with Gasteiger partial charge in [-0.3, -0.25) is 24.4 Å². The highest BCUT2D eigenvalue weighted by Gasteiger charge is 2.33. The maximum absolute atomic E-state index is 13.9. The van der Waals surface area contributed by atoms with Crippen LogP contribution in [-0.4, -0.2) is 74.5 Å². The molecule has 2 aliphatic rings. The van der Waals surface area contributed by atoms with Crippen LogP contribution in [0.15, 0.2) is 84.4 Å². The second kappa shape index (κ2) is 17.4. The van der Waals surface area contributed by atoms with Crippen LogP contribution in [0.25, 0.3) is 10.9 Å². The molecule has 0 bridgehead atoms. The van der Waals surface area contributed by atoms with Crippen molar-refractivity contribution in [3.63, 3.8) is 0 Å². The molecule has 282 valence electrons. The Hall–Kier alpha value is -5.69. The van der Waals surface area contributed by atoms with Gasteiger partial charge < -0.3 is 26.6 Å². The third kappa shape index (κ3) is 9.26. The topological polar surface area (TPSA) is 175 Å². The van der Waals surface area contributed by atoms with Crippen LogP contribution < -0.4 is 21.7 Å². The number of urea groups is 1. The van der Waals surface area contributed by atoms with E-state index in [0.717, 1.165) is 64.6 Å². The first kappa shape index (κ1) is 38.0. The van der Waals surface area contributed by atoms with Crippen molar-refractivity contribution in [3.05, 3.63) is 102 Å². The molecule has 4 heterocycles. The van der Waals surface area contributed by atoms with Crippen LogP contribution in [0, 0.1) is 5.92 Å². The minimum Gasteiger partial charge on any atom is -0.354 e. The van der Waals surface area contributed by atoms with Gasteiger partial charge in [-0.2, -0.15) is 5.10 Å². The van der Waals surface area contributed by atoms with Gasteiger partial charge in [0, 0.05) is 62.3 Å². The molecule has 3 unspecified atom stereocenters. The monoisotopic (exact) mass is 731 g/mol. The highest BCUT2D eigenvalue weighted by Crippen LogP contribution is 2.31. The number of rotatable bonds is 14. The van der Waals surface area contributed by atoms with E-state index in [-0.39, 0.29) is 29.7 Å². The number of aromatic nitrogens is 2. The molecule has 3 atom stereocenters. The third-order valence-corrected chi connectivity index (χ3v) is 10.1. The molecule has 6 rings (SSSR count). The molecular formula is C41H49N9O4. The molecule has 13 heteroatoms. The number of hydrazone groups is 1. The summed E-state index contributed by atoms with van der Waals surface area (Å²) in [5.41, 5.74) is 12.1. The van der Waals surface area contributed by atoms with Gasteiger partial charge >= 0.3 is 6.03 Å². The molecule has 0 aliphatic carbocycles. The van der Waals surface area contributed by atoms with E-state index >= 15 is 0 Å². The Balaban J connectivity index is 1.06. The first-order valence-corrected chi connectivity index (χ1v) is 18.7. The van der Waals surface area contributed by atoms with Gasteiger partial charge in [-0.25, -0.2) is 9.80 Å². The summed E-state index contributed by atoms with van der Waals surface area (Å²) in [4.78, 5) is 62.1. The fraction of sp³-hybridized carbons (Fsp3) is 0.390. The number of nitrogens with one attached hydrogen (secondary N) is 3. The SMILES string of the molecule is CC(NC(=O)C(N)C(C)C)C(=O)NCCCCCCN1N=C(c2ccc(NC(=O)N3Cc4ccncc4C3)cc2)CC(c2ccc3cccnc3c2)C1=O. The maximum Gasteiger partial charge on any atom is 0.322 e. The van der Waals surface area contributed by atoms with E-state index in [1.54, 1.807) is 35.4 Å². The lowest BCUT2D eigenvalue weighted by Gasteiger charge is -2.30. The molecule has 0 saturated carbocycles. The van der Waals surface area contributed by atoms with Gasteiger partial charge in [0.2, 0.25) is 11.8 Å². The van der Waals surface area contributed by atoms with E-state index in [1.807, 2.05) is 74.5 Å². The number of anilines is 1. The zero-order chi connectivity index (χ0) is 38.2. The summed E-state index contributed by atoms with van der Waals surface area (Å²) < 4.78 is 0. The number of unbranched alkanes of at least 4 members (excludes halogenated alkanes) is 3. The number of amides is 5. The summed E-state index contributed by atoms with van der Waals surface area (Å²) >= 11 is 0. The Morgan fingerprint density at radius 2 is 1.69 bits per heavy atom. The number of nitrogens with two attached hydrogens (primary N) is 1. The fourth-order valence-electron chi connectivity index (χ4n) is 6.69. The van der Waals surface area contributed by atoms with E-state index < -0.39 is 18.0 Å². The van der Waals surface area contributed by atoms with E-state index in [1.165, 1.54) is 0 Å². The van der Waals surface area contributed by atoms with Crippen molar-refractivity contribution in [2.24, 2.45) is 16.8 Å². The molecule has 2 aliphatic heterocycles. The Labute approximate surface area is 315 Å². The largest absolute Gasteiger partial charge is 0.354 e. The van der Waals surface area contributed by atoms with Crippen LogP contribution in [0.3, 0.4) is 0 Å². The van der Waals surface area contributed by atoms with Gasteiger partial charge in [-0.1, -0.05) is 57.0 Å². The summed E-state index contributed by atoms with van der Waals surface area (Å²) in [7, 11) is 0. The Morgan fingerprint density at radius 3 is 2.46 bits per heavy atom. The first-order valence-electron chi connectivity index (χ1n) is 18.7. The average molecular weight is 732 g/mol. The number of nitrogens with zero attached hydrogens (tertiary/aromatic N) is 5.